The second-order valence-corrected chi connectivity index (χ2v) is 6.77. The maximum absolute atomic E-state index is 11.7. The van der Waals surface area contributed by atoms with Crippen molar-refractivity contribution in [2.75, 3.05) is 29.6 Å². The minimum absolute atomic E-state index is 0.456. The van der Waals surface area contributed by atoms with E-state index in [4.69, 9.17) is 4.74 Å². The summed E-state index contributed by atoms with van der Waals surface area (Å²) in [4.78, 5) is 13.8. The van der Waals surface area contributed by atoms with Gasteiger partial charge in [0.25, 0.3) is 0 Å². The number of carbonyl (C=O) groups is 1. The van der Waals surface area contributed by atoms with Crippen LogP contribution in [0.2, 0.25) is 0 Å². The minimum atomic E-state index is -0.510. The Morgan fingerprint density at radius 3 is 1.79 bits per heavy atom. The number of hydrogen-bond acceptors (Lipinski definition) is 4. The molecule has 2 aromatic rings. The Balaban J connectivity index is 1.95. The van der Waals surface area contributed by atoms with E-state index >= 15 is 0 Å². The fourth-order valence-corrected chi connectivity index (χ4v) is 2.07. The van der Waals surface area contributed by atoms with Crippen molar-refractivity contribution in [3.8, 4) is 0 Å². The maximum atomic E-state index is 11.7. The molecule has 0 saturated heterocycles. The number of ether oxygens (including phenoxy) is 1. The number of anilines is 4. The molecule has 0 aliphatic rings. The van der Waals surface area contributed by atoms with Gasteiger partial charge in [0.2, 0.25) is 0 Å². The smallest absolute Gasteiger partial charge is 0.412 e. The SMILES string of the molecule is CN(C)c1ccc(Nc2ccc(NC(=O)OC(C)(C)C)cc2)cc1. The first-order valence-corrected chi connectivity index (χ1v) is 7.87. The number of hydrogen-bond donors (Lipinski definition) is 2. The van der Waals surface area contributed by atoms with E-state index in [0.717, 1.165) is 17.1 Å². The summed E-state index contributed by atoms with van der Waals surface area (Å²) in [5.41, 5.74) is 3.29. The molecule has 2 N–H and O–H groups in total. The van der Waals surface area contributed by atoms with Crippen LogP contribution >= 0.6 is 0 Å². The van der Waals surface area contributed by atoms with Crippen molar-refractivity contribution in [3.63, 3.8) is 0 Å². The molecule has 0 unspecified atom stereocenters. The fourth-order valence-electron chi connectivity index (χ4n) is 2.07. The lowest BCUT2D eigenvalue weighted by molar-refractivity contribution is 0.0636. The van der Waals surface area contributed by atoms with Crippen LogP contribution in [-0.4, -0.2) is 25.8 Å². The normalized spacial score (nSPS) is 10.9. The maximum Gasteiger partial charge on any atom is 0.412 e. The molecule has 128 valence electrons. The first kappa shape index (κ1) is 17.7. The van der Waals surface area contributed by atoms with E-state index in [0.29, 0.717) is 5.69 Å². The summed E-state index contributed by atoms with van der Waals surface area (Å²) in [5.74, 6) is 0. The molecule has 0 aliphatic heterocycles. The molecule has 2 aromatic carbocycles. The van der Waals surface area contributed by atoms with Crippen molar-refractivity contribution in [1.82, 2.24) is 0 Å². The highest BCUT2D eigenvalue weighted by molar-refractivity contribution is 5.85. The molecule has 1 amide bonds. The zero-order chi connectivity index (χ0) is 17.7. The summed E-state index contributed by atoms with van der Waals surface area (Å²) in [7, 11) is 4.03. The predicted molar refractivity (Wildman–Crippen MR) is 100 cm³/mol. The topological polar surface area (TPSA) is 53.6 Å². The van der Waals surface area contributed by atoms with Crippen molar-refractivity contribution in [2.24, 2.45) is 0 Å². The minimum Gasteiger partial charge on any atom is -0.444 e. The van der Waals surface area contributed by atoms with E-state index < -0.39 is 11.7 Å². The third-order valence-corrected chi connectivity index (χ3v) is 3.20. The quantitative estimate of drug-likeness (QED) is 0.843. The first-order chi connectivity index (χ1) is 11.2. The summed E-state index contributed by atoms with van der Waals surface area (Å²) in [5, 5.41) is 6.04. The standard InChI is InChI=1S/C19H25N3O2/c1-19(2,3)24-18(23)21-16-8-6-14(7-9-16)20-15-10-12-17(13-11-15)22(4)5/h6-13,20H,1-5H3,(H,21,23). The Morgan fingerprint density at radius 2 is 1.33 bits per heavy atom. The Morgan fingerprint density at radius 1 is 0.875 bits per heavy atom. The molecule has 5 nitrogen and oxygen atoms in total. The molecular weight excluding hydrogens is 302 g/mol. The van der Waals surface area contributed by atoms with Crippen LogP contribution in [0.1, 0.15) is 20.8 Å². The average Bonchev–Trinajstić information content (AvgIpc) is 2.48. The van der Waals surface area contributed by atoms with Crippen LogP contribution in [0.5, 0.6) is 0 Å². The van der Waals surface area contributed by atoms with E-state index in [1.54, 1.807) is 0 Å². The number of nitrogens with zero attached hydrogens (tertiary/aromatic N) is 1. The highest BCUT2D eigenvalue weighted by Gasteiger charge is 2.16. The Kier molecular flexibility index (Phi) is 5.34. The molecule has 0 spiro atoms. The van der Waals surface area contributed by atoms with Gasteiger partial charge >= 0.3 is 6.09 Å². The monoisotopic (exact) mass is 327 g/mol. The predicted octanol–water partition coefficient (Wildman–Crippen LogP) is 4.84. The molecule has 0 aliphatic carbocycles. The van der Waals surface area contributed by atoms with Crippen molar-refractivity contribution in [2.45, 2.75) is 26.4 Å². The Labute approximate surface area is 143 Å². The third-order valence-electron chi connectivity index (χ3n) is 3.20. The lowest BCUT2D eigenvalue weighted by atomic mass is 10.2. The summed E-state index contributed by atoms with van der Waals surface area (Å²) in [6.07, 6.45) is -0.456. The molecule has 0 fully saturated rings. The molecule has 5 heteroatoms. The number of nitrogens with one attached hydrogen (secondary N) is 2. The Hall–Kier alpha value is -2.69. The third kappa shape index (κ3) is 5.50. The van der Waals surface area contributed by atoms with Crippen molar-refractivity contribution in [1.29, 1.82) is 0 Å². The van der Waals surface area contributed by atoms with E-state index in [9.17, 15) is 4.79 Å². The average molecular weight is 327 g/mol. The first-order valence-electron chi connectivity index (χ1n) is 7.87. The molecule has 0 saturated carbocycles. The van der Waals surface area contributed by atoms with Crippen molar-refractivity contribution >= 4 is 28.8 Å². The number of amides is 1. The van der Waals surface area contributed by atoms with Gasteiger partial charge in [0, 0.05) is 36.8 Å². The lowest BCUT2D eigenvalue weighted by Crippen LogP contribution is -2.27. The summed E-state index contributed by atoms with van der Waals surface area (Å²) < 4.78 is 5.23. The van der Waals surface area contributed by atoms with Crippen molar-refractivity contribution < 1.29 is 9.53 Å². The van der Waals surface area contributed by atoms with Crippen LogP contribution in [0.4, 0.5) is 27.5 Å². The van der Waals surface area contributed by atoms with Gasteiger partial charge in [-0.05, 0) is 69.3 Å². The van der Waals surface area contributed by atoms with E-state index in [2.05, 4.69) is 27.7 Å². The number of rotatable bonds is 4. The van der Waals surface area contributed by atoms with Gasteiger partial charge in [0.15, 0.2) is 0 Å². The van der Waals surface area contributed by atoms with E-state index in [-0.39, 0.29) is 0 Å². The van der Waals surface area contributed by atoms with Crippen LogP contribution in [0, 0.1) is 0 Å². The summed E-state index contributed by atoms with van der Waals surface area (Å²) in [6.45, 7) is 5.50. The molecule has 2 rings (SSSR count). The molecule has 24 heavy (non-hydrogen) atoms. The van der Waals surface area contributed by atoms with Crippen LogP contribution in [0.3, 0.4) is 0 Å². The van der Waals surface area contributed by atoms with Crippen molar-refractivity contribution in [3.05, 3.63) is 48.5 Å². The van der Waals surface area contributed by atoms with Gasteiger partial charge in [-0.15, -0.1) is 0 Å². The summed E-state index contributed by atoms with van der Waals surface area (Å²) >= 11 is 0. The molecule has 0 atom stereocenters. The van der Waals surface area contributed by atoms with Gasteiger partial charge in [0.1, 0.15) is 5.60 Å². The highest BCUT2D eigenvalue weighted by atomic mass is 16.6. The lowest BCUT2D eigenvalue weighted by Gasteiger charge is -2.19. The van der Waals surface area contributed by atoms with Gasteiger partial charge in [-0.2, -0.15) is 0 Å². The zero-order valence-electron chi connectivity index (χ0n) is 14.9. The van der Waals surface area contributed by atoms with Gasteiger partial charge < -0.3 is 15.0 Å². The largest absolute Gasteiger partial charge is 0.444 e. The summed E-state index contributed by atoms with van der Waals surface area (Å²) in [6, 6.07) is 15.7. The molecule has 0 bridgehead atoms. The number of benzene rings is 2. The number of carbonyl (C=O) groups excluding carboxylic acids is 1. The van der Waals surface area contributed by atoms with Crippen LogP contribution < -0.4 is 15.5 Å². The van der Waals surface area contributed by atoms with Crippen LogP contribution in [0.25, 0.3) is 0 Å². The van der Waals surface area contributed by atoms with Gasteiger partial charge in [-0.25, -0.2) is 4.79 Å². The highest BCUT2D eigenvalue weighted by Crippen LogP contribution is 2.21. The Bertz CT molecular complexity index is 671. The molecule has 0 aromatic heterocycles. The van der Waals surface area contributed by atoms with Crippen LogP contribution in [0.15, 0.2) is 48.5 Å². The molecular formula is C19H25N3O2. The molecule has 0 radical (unpaired) electrons. The van der Waals surface area contributed by atoms with Crippen LogP contribution in [-0.2, 0) is 4.74 Å². The van der Waals surface area contributed by atoms with Gasteiger partial charge in [-0.1, -0.05) is 0 Å². The second-order valence-electron chi connectivity index (χ2n) is 6.77. The fraction of sp³-hybridized carbons (Fsp3) is 0.316. The van der Waals surface area contributed by atoms with Gasteiger partial charge in [-0.3, -0.25) is 5.32 Å². The van der Waals surface area contributed by atoms with E-state index in [1.165, 1.54) is 0 Å². The second kappa shape index (κ2) is 7.25. The zero-order valence-corrected chi connectivity index (χ0v) is 14.9. The van der Waals surface area contributed by atoms with E-state index in [1.807, 2.05) is 71.3 Å². The van der Waals surface area contributed by atoms with Gasteiger partial charge in [0.05, 0.1) is 0 Å². The molecule has 0 heterocycles.